The molecular weight excluding hydrogens is 212 g/mol. The molecule has 1 fully saturated rings. The third-order valence-electron chi connectivity index (χ3n) is 3.72. The van der Waals surface area contributed by atoms with Crippen LogP contribution in [0.1, 0.15) is 76.5 Å². The Morgan fingerprint density at radius 2 is 1.88 bits per heavy atom. The third-order valence-corrected chi connectivity index (χ3v) is 3.72. The second-order valence-corrected chi connectivity index (χ2v) is 6.26. The first kappa shape index (κ1) is 12.6. The van der Waals surface area contributed by atoms with Gasteiger partial charge in [-0.05, 0) is 18.3 Å². The Balaban J connectivity index is 2.10. The van der Waals surface area contributed by atoms with E-state index in [0.717, 1.165) is 11.6 Å². The Labute approximate surface area is 103 Å². The zero-order valence-electron chi connectivity index (χ0n) is 11.2. The number of aromatic amines is 1. The number of nitrogens with zero attached hydrogens (tertiary/aromatic N) is 2. The Morgan fingerprint density at radius 3 is 2.47 bits per heavy atom. The van der Waals surface area contributed by atoms with Crippen molar-refractivity contribution in [3.05, 3.63) is 11.6 Å². The molecule has 0 aromatic carbocycles. The lowest BCUT2D eigenvalue weighted by atomic mass is 9.87. The Bertz CT molecular complexity index is 358. The van der Waals surface area contributed by atoms with E-state index in [0.29, 0.717) is 5.92 Å². The highest BCUT2D eigenvalue weighted by atomic mass is 15.2. The molecule has 1 aliphatic carbocycles. The quantitative estimate of drug-likeness (QED) is 0.829. The first-order valence-corrected chi connectivity index (χ1v) is 6.66. The van der Waals surface area contributed by atoms with Gasteiger partial charge >= 0.3 is 0 Å². The fourth-order valence-corrected chi connectivity index (χ4v) is 2.37. The maximum atomic E-state index is 6.17. The number of rotatable bonds is 2. The Morgan fingerprint density at radius 1 is 1.24 bits per heavy atom. The van der Waals surface area contributed by atoms with Crippen molar-refractivity contribution in [2.45, 2.75) is 64.8 Å². The number of hydrogen-bond donors (Lipinski definition) is 2. The fourth-order valence-electron chi connectivity index (χ4n) is 2.37. The summed E-state index contributed by atoms with van der Waals surface area (Å²) in [6, 6.07) is -0.101. The first-order valence-electron chi connectivity index (χ1n) is 6.66. The van der Waals surface area contributed by atoms with E-state index in [1.807, 2.05) is 0 Å². The van der Waals surface area contributed by atoms with Gasteiger partial charge in [0, 0.05) is 5.92 Å². The molecule has 0 unspecified atom stereocenters. The van der Waals surface area contributed by atoms with E-state index in [1.54, 1.807) is 0 Å². The van der Waals surface area contributed by atoms with Crippen LogP contribution in [-0.2, 0) is 0 Å². The summed E-state index contributed by atoms with van der Waals surface area (Å²) in [6.07, 6.45) is 6.45. The molecule has 96 valence electrons. The number of nitrogens with two attached hydrogens (primary N) is 1. The molecule has 1 atom stereocenters. The number of H-pyrrole nitrogens is 1. The van der Waals surface area contributed by atoms with Gasteiger partial charge in [0.15, 0.2) is 5.82 Å². The van der Waals surface area contributed by atoms with Crippen LogP contribution in [0.4, 0.5) is 0 Å². The molecule has 0 amide bonds. The summed E-state index contributed by atoms with van der Waals surface area (Å²) in [5.74, 6) is 2.37. The molecule has 1 saturated carbocycles. The van der Waals surface area contributed by atoms with E-state index in [2.05, 4.69) is 36.0 Å². The smallest absolute Gasteiger partial charge is 0.167 e. The minimum absolute atomic E-state index is 0.00598. The van der Waals surface area contributed by atoms with Gasteiger partial charge in [-0.25, -0.2) is 4.98 Å². The topological polar surface area (TPSA) is 67.6 Å². The normalized spacial score (nSPS) is 20.5. The average Bonchev–Trinajstić information content (AvgIpc) is 2.77. The zero-order valence-corrected chi connectivity index (χ0v) is 11.2. The molecule has 17 heavy (non-hydrogen) atoms. The molecule has 0 radical (unpaired) electrons. The number of nitrogens with one attached hydrogen (secondary N) is 1. The largest absolute Gasteiger partial charge is 0.321 e. The summed E-state index contributed by atoms with van der Waals surface area (Å²) >= 11 is 0. The van der Waals surface area contributed by atoms with Crippen molar-refractivity contribution in [1.29, 1.82) is 0 Å². The maximum absolute atomic E-state index is 6.17. The number of hydrogen-bond acceptors (Lipinski definition) is 3. The van der Waals surface area contributed by atoms with Crippen molar-refractivity contribution >= 4 is 0 Å². The molecule has 3 N–H and O–H groups in total. The van der Waals surface area contributed by atoms with Crippen LogP contribution in [0.2, 0.25) is 0 Å². The summed E-state index contributed by atoms with van der Waals surface area (Å²) in [6.45, 7) is 6.36. The lowest BCUT2D eigenvalue weighted by Crippen LogP contribution is -2.27. The highest BCUT2D eigenvalue weighted by Crippen LogP contribution is 2.32. The van der Waals surface area contributed by atoms with E-state index < -0.39 is 0 Å². The third kappa shape index (κ3) is 2.86. The molecule has 0 spiro atoms. The highest BCUT2D eigenvalue weighted by molar-refractivity contribution is 5.04. The van der Waals surface area contributed by atoms with Crippen molar-refractivity contribution in [3.8, 4) is 0 Å². The van der Waals surface area contributed by atoms with Crippen molar-refractivity contribution in [2.24, 2.45) is 11.1 Å². The van der Waals surface area contributed by atoms with Gasteiger partial charge in [0.25, 0.3) is 0 Å². The molecule has 4 nitrogen and oxygen atoms in total. The van der Waals surface area contributed by atoms with E-state index in [1.165, 1.54) is 32.1 Å². The van der Waals surface area contributed by atoms with Crippen LogP contribution >= 0.6 is 0 Å². The van der Waals surface area contributed by atoms with Crippen molar-refractivity contribution in [1.82, 2.24) is 15.2 Å². The van der Waals surface area contributed by atoms with Crippen LogP contribution in [0, 0.1) is 5.41 Å². The van der Waals surface area contributed by atoms with Gasteiger partial charge in [0.05, 0.1) is 6.04 Å². The van der Waals surface area contributed by atoms with Gasteiger partial charge < -0.3 is 5.73 Å². The molecule has 1 aliphatic rings. The monoisotopic (exact) mass is 236 g/mol. The molecule has 4 heteroatoms. The molecule has 1 heterocycles. The van der Waals surface area contributed by atoms with E-state index >= 15 is 0 Å². The van der Waals surface area contributed by atoms with Crippen LogP contribution < -0.4 is 5.73 Å². The van der Waals surface area contributed by atoms with Gasteiger partial charge in [0.1, 0.15) is 5.82 Å². The summed E-state index contributed by atoms with van der Waals surface area (Å²) in [5, 5.41) is 7.38. The summed E-state index contributed by atoms with van der Waals surface area (Å²) in [4.78, 5) is 4.61. The molecule has 0 aliphatic heterocycles. The van der Waals surface area contributed by atoms with Gasteiger partial charge in [-0.15, -0.1) is 0 Å². The van der Waals surface area contributed by atoms with E-state index in [-0.39, 0.29) is 11.5 Å². The van der Waals surface area contributed by atoms with Gasteiger partial charge in [-0.2, -0.15) is 5.10 Å². The van der Waals surface area contributed by atoms with E-state index in [4.69, 9.17) is 5.73 Å². The fraction of sp³-hybridized carbons (Fsp3) is 0.846. The second-order valence-electron chi connectivity index (χ2n) is 6.26. The van der Waals surface area contributed by atoms with E-state index in [9.17, 15) is 0 Å². The van der Waals surface area contributed by atoms with Gasteiger partial charge in [0.2, 0.25) is 0 Å². The van der Waals surface area contributed by atoms with Crippen LogP contribution in [0.15, 0.2) is 0 Å². The average molecular weight is 236 g/mol. The molecular formula is C13H24N4. The van der Waals surface area contributed by atoms with Gasteiger partial charge in [-0.1, -0.05) is 40.0 Å². The van der Waals surface area contributed by atoms with Crippen LogP contribution in [0.3, 0.4) is 0 Å². The molecule has 2 rings (SSSR count). The lowest BCUT2D eigenvalue weighted by molar-refractivity contribution is 0.315. The number of aromatic nitrogens is 3. The molecule has 0 bridgehead atoms. The Kier molecular flexibility index (Phi) is 3.52. The van der Waals surface area contributed by atoms with Gasteiger partial charge in [-0.3, -0.25) is 5.10 Å². The summed E-state index contributed by atoms with van der Waals surface area (Å²) in [5.41, 5.74) is 6.18. The van der Waals surface area contributed by atoms with Crippen LogP contribution in [-0.4, -0.2) is 15.2 Å². The highest BCUT2D eigenvalue weighted by Gasteiger charge is 2.27. The predicted molar refractivity (Wildman–Crippen MR) is 68.6 cm³/mol. The molecule has 1 aromatic rings. The van der Waals surface area contributed by atoms with Crippen molar-refractivity contribution in [2.75, 3.05) is 0 Å². The standard InChI is InChI=1S/C13H24N4/c1-13(2,3)10(14)12-15-11(16-17-12)9-7-5-4-6-8-9/h9-10H,4-8,14H2,1-3H3,(H,15,16,17)/t10-/m1/s1. The molecule has 1 aromatic heterocycles. The summed E-state index contributed by atoms with van der Waals surface area (Å²) in [7, 11) is 0. The van der Waals surface area contributed by atoms with Crippen LogP contribution in [0.25, 0.3) is 0 Å². The zero-order chi connectivity index (χ0) is 12.5. The van der Waals surface area contributed by atoms with Crippen molar-refractivity contribution in [3.63, 3.8) is 0 Å². The first-order chi connectivity index (χ1) is 7.98. The SMILES string of the molecule is CC(C)(C)[C@H](N)c1n[nH]c(C2CCCCC2)n1. The van der Waals surface area contributed by atoms with Crippen molar-refractivity contribution < 1.29 is 0 Å². The second kappa shape index (κ2) is 4.77. The summed E-state index contributed by atoms with van der Waals surface area (Å²) < 4.78 is 0. The molecule has 0 saturated heterocycles. The maximum Gasteiger partial charge on any atom is 0.167 e. The minimum atomic E-state index is -0.101. The van der Waals surface area contributed by atoms with Crippen LogP contribution in [0.5, 0.6) is 0 Å². The predicted octanol–water partition coefficient (Wildman–Crippen LogP) is 2.90. The lowest BCUT2D eigenvalue weighted by Gasteiger charge is -2.24. The Hall–Kier alpha value is -0.900. The minimum Gasteiger partial charge on any atom is -0.321 e.